The Bertz CT molecular complexity index is 940. The van der Waals surface area contributed by atoms with Crippen molar-refractivity contribution in [2.75, 3.05) is 26.2 Å². The van der Waals surface area contributed by atoms with E-state index in [4.69, 9.17) is 0 Å². The third-order valence-electron chi connectivity index (χ3n) is 4.80. The first-order valence-electron chi connectivity index (χ1n) is 8.62. The minimum Gasteiger partial charge on any atom is -0.339 e. The van der Waals surface area contributed by atoms with E-state index >= 15 is 0 Å². The van der Waals surface area contributed by atoms with Crippen LogP contribution in [0.1, 0.15) is 15.2 Å². The van der Waals surface area contributed by atoms with E-state index in [9.17, 15) is 9.59 Å². The van der Waals surface area contributed by atoms with E-state index in [1.807, 2.05) is 57.1 Å². The molecule has 26 heavy (non-hydrogen) atoms. The van der Waals surface area contributed by atoms with E-state index in [1.165, 1.54) is 11.3 Å². The molecule has 0 radical (unpaired) electrons. The number of rotatable bonds is 3. The Morgan fingerprint density at radius 3 is 2.62 bits per heavy atom. The molecule has 1 fully saturated rings. The van der Waals surface area contributed by atoms with Crippen molar-refractivity contribution in [1.29, 1.82) is 0 Å². The van der Waals surface area contributed by atoms with Crippen molar-refractivity contribution in [3.05, 3.63) is 52.5 Å². The summed E-state index contributed by atoms with van der Waals surface area (Å²) in [5, 5.41) is 1.91. The SMILES string of the molecule is Cn1cnc2cc(CC(=O)N3CCN(C(=O)c4cccs4)CC3)ccc21. The highest BCUT2D eigenvalue weighted by molar-refractivity contribution is 7.12. The summed E-state index contributed by atoms with van der Waals surface area (Å²) in [5.74, 6) is 0.163. The fourth-order valence-corrected chi connectivity index (χ4v) is 3.98. The Kier molecular flexibility index (Phi) is 4.46. The van der Waals surface area contributed by atoms with Gasteiger partial charge in [-0.3, -0.25) is 9.59 Å². The number of imidazole rings is 1. The summed E-state index contributed by atoms with van der Waals surface area (Å²) < 4.78 is 1.96. The maximum Gasteiger partial charge on any atom is 0.264 e. The molecule has 0 bridgehead atoms. The molecule has 0 atom stereocenters. The molecule has 2 aromatic heterocycles. The zero-order valence-electron chi connectivity index (χ0n) is 14.6. The minimum absolute atomic E-state index is 0.0627. The topological polar surface area (TPSA) is 58.4 Å². The molecule has 3 aromatic rings. The molecule has 0 spiro atoms. The van der Waals surface area contributed by atoms with Crippen molar-refractivity contribution in [3.8, 4) is 0 Å². The number of amides is 2. The number of benzene rings is 1. The summed E-state index contributed by atoms with van der Waals surface area (Å²) in [6, 6.07) is 9.69. The van der Waals surface area contributed by atoms with Gasteiger partial charge in [-0.1, -0.05) is 12.1 Å². The number of nitrogens with zero attached hydrogens (tertiary/aromatic N) is 4. The molecule has 6 nitrogen and oxygen atoms in total. The van der Waals surface area contributed by atoms with E-state index in [0.717, 1.165) is 21.5 Å². The van der Waals surface area contributed by atoms with Crippen molar-refractivity contribution in [2.24, 2.45) is 7.05 Å². The normalized spacial score (nSPS) is 14.8. The lowest BCUT2D eigenvalue weighted by atomic mass is 10.1. The molecule has 1 aromatic carbocycles. The number of thiophene rings is 1. The van der Waals surface area contributed by atoms with Crippen molar-refractivity contribution >= 4 is 34.2 Å². The molecule has 0 N–H and O–H groups in total. The summed E-state index contributed by atoms with van der Waals surface area (Å²) in [5.41, 5.74) is 2.93. The molecule has 0 saturated carbocycles. The fraction of sp³-hybridized carbons (Fsp3) is 0.316. The van der Waals surface area contributed by atoms with Crippen LogP contribution in [-0.4, -0.2) is 57.3 Å². The van der Waals surface area contributed by atoms with E-state index < -0.39 is 0 Å². The van der Waals surface area contributed by atoms with Crippen LogP contribution in [-0.2, 0) is 18.3 Å². The van der Waals surface area contributed by atoms with Crippen LogP contribution in [0.4, 0.5) is 0 Å². The highest BCUT2D eigenvalue weighted by Crippen LogP contribution is 2.17. The van der Waals surface area contributed by atoms with Crippen LogP contribution in [0, 0.1) is 0 Å². The first kappa shape index (κ1) is 16.8. The Morgan fingerprint density at radius 2 is 1.88 bits per heavy atom. The molecule has 0 aliphatic carbocycles. The third-order valence-corrected chi connectivity index (χ3v) is 5.65. The number of piperazine rings is 1. The maximum atomic E-state index is 12.6. The molecule has 2 amide bonds. The van der Waals surface area contributed by atoms with Crippen LogP contribution in [0.15, 0.2) is 42.0 Å². The average molecular weight is 368 g/mol. The van der Waals surface area contributed by atoms with Gasteiger partial charge in [0.1, 0.15) is 0 Å². The van der Waals surface area contributed by atoms with Gasteiger partial charge in [-0.25, -0.2) is 4.98 Å². The Morgan fingerprint density at radius 1 is 1.12 bits per heavy atom. The van der Waals surface area contributed by atoms with Crippen LogP contribution in [0.2, 0.25) is 0 Å². The summed E-state index contributed by atoms with van der Waals surface area (Å²) in [6.45, 7) is 2.34. The van der Waals surface area contributed by atoms with Crippen LogP contribution < -0.4 is 0 Å². The zero-order chi connectivity index (χ0) is 18.1. The van der Waals surface area contributed by atoms with E-state index in [-0.39, 0.29) is 11.8 Å². The zero-order valence-corrected chi connectivity index (χ0v) is 15.4. The summed E-state index contributed by atoms with van der Waals surface area (Å²) in [7, 11) is 1.96. The van der Waals surface area contributed by atoms with Crippen molar-refractivity contribution in [2.45, 2.75) is 6.42 Å². The van der Waals surface area contributed by atoms with Gasteiger partial charge in [0, 0.05) is 33.2 Å². The van der Waals surface area contributed by atoms with Gasteiger partial charge in [-0.2, -0.15) is 0 Å². The van der Waals surface area contributed by atoms with E-state index in [2.05, 4.69) is 4.98 Å². The second kappa shape index (κ2) is 6.92. The highest BCUT2D eigenvalue weighted by atomic mass is 32.1. The number of aryl methyl sites for hydroxylation is 1. The molecular formula is C19H20N4O2S. The summed E-state index contributed by atoms with van der Waals surface area (Å²) in [4.78, 5) is 33.8. The molecule has 1 saturated heterocycles. The quantitative estimate of drug-likeness (QED) is 0.712. The summed E-state index contributed by atoms with van der Waals surface area (Å²) in [6.07, 6.45) is 2.14. The van der Waals surface area contributed by atoms with Crippen LogP contribution in [0.5, 0.6) is 0 Å². The average Bonchev–Trinajstić information content (AvgIpc) is 3.32. The number of aromatic nitrogens is 2. The number of hydrogen-bond donors (Lipinski definition) is 0. The molecule has 134 valence electrons. The maximum absolute atomic E-state index is 12.6. The predicted molar refractivity (Wildman–Crippen MR) is 101 cm³/mol. The number of carbonyl (C=O) groups excluding carboxylic acids is 2. The first-order valence-corrected chi connectivity index (χ1v) is 9.50. The third kappa shape index (κ3) is 3.22. The standard InChI is InChI=1S/C19H20N4O2S/c1-21-13-20-15-11-14(4-5-16(15)21)12-18(24)22-6-8-23(9-7-22)19(25)17-3-2-10-26-17/h2-5,10-11,13H,6-9,12H2,1H3. The Hall–Kier alpha value is -2.67. The van der Waals surface area contributed by atoms with Gasteiger partial charge >= 0.3 is 0 Å². The number of fused-ring (bicyclic) bond motifs is 1. The monoisotopic (exact) mass is 368 g/mol. The van der Waals surface area contributed by atoms with Gasteiger partial charge in [0.25, 0.3) is 5.91 Å². The number of hydrogen-bond acceptors (Lipinski definition) is 4. The van der Waals surface area contributed by atoms with Gasteiger partial charge in [0.2, 0.25) is 5.91 Å². The molecule has 3 heterocycles. The molecule has 4 rings (SSSR count). The van der Waals surface area contributed by atoms with Crippen LogP contribution >= 0.6 is 11.3 Å². The van der Waals surface area contributed by atoms with Crippen molar-refractivity contribution in [1.82, 2.24) is 19.4 Å². The smallest absolute Gasteiger partial charge is 0.264 e. The highest BCUT2D eigenvalue weighted by Gasteiger charge is 2.25. The Labute approximate surface area is 155 Å². The number of carbonyl (C=O) groups is 2. The van der Waals surface area contributed by atoms with Crippen LogP contribution in [0.3, 0.4) is 0 Å². The minimum atomic E-state index is 0.0627. The molecule has 1 aliphatic heterocycles. The molecule has 0 unspecified atom stereocenters. The Balaban J connectivity index is 1.36. The summed E-state index contributed by atoms with van der Waals surface area (Å²) >= 11 is 1.46. The largest absolute Gasteiger partial charge is 0.339 e. The predicted octanol–water partition coefficient (Wildman–Crippen LogP) is 2.16. The van der Waals surface area contributed by atoms with Gasteiger partial charge in [0.05, 0.1) is 28.7 Å². The van der Waals surface area contributed by atoms with Gasteiger partial charge in [-0.15, -0.1) is 11.3 Å². The fourth-order valence-electron chi connectivity index (χ4n) is 3.29. The lowest BCUT2D eigenvalue weighted by molar-refractivity contribution is -0.131. The van der Waals surface area contributed by atoms with Gasteiger partial charge in [-0.05, 0) is 29.1 Å². The van der Waals surface area contributed by atoms with Gasteiger partial charge in [0.15, 0.2) is 0 Å². The second-order valence-electron chi connectivity index (χ2n) is 6.51. The first-order chi connectivity index (χ1) is 12.6. The lowest BCUT2D eigenvalue weighted by Crippen LogP contribution is -2.50. The molecule has 1 aliphatic rings. The van der Waals surface area contributed by atoms with Gasteiger partial charge < -0.3 is 14.4 Å². The van der Waals surface area contributed by atoms with Crippen molar-refractivity contribution < 1.29 is 9.59 Å². The second-order valence-corrected chi connectivity index (χ2v) is 7.45. The van der Waals surface area contributed by atoms with E-state index in [0.29, 0.717) is 32.6 Å². The van der Waals surface area contributed by atoms with Crippen LogP contribution in [0.25, 0.3) is 11.0 Å². The van der Waals surface area contributed by atoms with Crippen molar-refractivity contribution in [3.63, 3.8) is 0 Å². The van der Waals surface area contributed by atoms with E-state index in [1.54, 1.807) is 6.33 Å². The molecular weight excluding hydrogens is 348 g/mol. The molecule has 7 heteroatoms. The lowest BCUT2D eigenvalue weighted by Gasteiger charge is -2.34.